The van der Waals surface area contributed by atoms with Crippen LogP contribution in [0, 0.1) is 0 Å². The number of rotatable bonds is 5. The first-order chi connectivity index (χ1) is 13.2. The molecule has 1 saturated carbocycles. The molecule has 0 amide bonds. The van der Waals surface area contributed by atoms with E-state index >= 15 is 0 Å². The Labute approximate surface area is 189 Å². The summed E-state index contributed by atoms with van der Waals surface area (Å²) in [5.74, 6) is 0.360. The number of aromatic nitrogens is 2. The average molecular weight is 530 g/mol. The van der Waals surface area contributed by atoms with Crippen LogP contribution in [0.4, 0.5) is 13.2 Å². The highest BCUT2D eigenvalue weighted by Gasteiger charge is 2.72. The van der Waals surface area contributed by atoms with Gasteiger partial charge in [-0.1, -0.05) is 20.8 Å². The molecular weight excluding hydrogens is 497 g/mol. The second kappa shape index (κ2) is 7.92. The largest absolute Gasteiger partial charge is 0.416 e. The molecular formula is C20H32BrF3N2O2SSi. The van der Waals surface area contributed by atoms with Crippen LogP contribution >= 0.6 is 15.9 Å². The van der Waals surface area contributed by atoms with Gasteiger partial charge in [0.15, 0.2) is 13.9 Å². The summed E-state index contributed by atoms with van der Waals surface area (Å²) in [6.07, 6.45) is -2.14. The lowest BCUT2D eigenvalue weighted by Crippen LogP contribution is -2.69. The predicted octanol–water partition coefficient (Wildman–Crippen LogP) is 6.14. The van der Waals surface area contributed by atoms with Crippen LogP contribution in [0.15, 0.2) is 16.9 Å². The SMILES string of the molecule is CC(C)(C)[S@@](=O)CC1(c2ncc(Br)cn2)CC(O[Si](C)(C)C(C)(C)C)(C(F)(F)F)C1. The lowest BCUT2D eigenvalue weighted by molar-refractivity contribution is -0.295. The van der Waals surface area contributed by atoms with E-state index < -0.39 is 41.1 Å². The molecule has 0 aromatic carbocycles. The standard InChI is InChI=1S/C20H32BrF3N2O2SSi/c1-16(2,3)29(27)13-18(15-25-9-14(21)10-26-15)11-19(12-18,20(22,23)24)28-30(7,8)17(4,5)6/h9-10H,11-13H2,1-8H3/t18?,19?,29-/m0/s1. The number of halogens is 4. The minimum Gasteiger partial charge on any atom is -0.403 e. The summed E-state index contributed by atoms with van der Waals surface area (Å²) in [4.78, 5) is 8.59. The molecule has 30 heavy (non-hydrogen) atoms. The Hall–Kier alpha value is -0.323. The Morgan fingerprint density at radius 1 is 1.10 bits per heavy atom. The molecule has 1 aliphatic carbocycles. The third-order valence-electron chi connectivity index (χ3n) is 6.21. The third-order valence-corrected chi connectivity index (χ3v) is 13.3. The van der Waals surface area contributed by atoms with Gasteiger partial charge in [-0.15, -0.1) is 0 Å². The van der Waals surface area contributed by atoms with Crippen molar-refractivity contribution >= 4 is 35.0 Å². The molecule has 0 unspecified atom stereocenters. The monoisotopic (exact) mass is 528 g/mol. The van der Waals surface area contributed by atoms with Crippen molar-refractivity contribution in [2.75, 3.05) is 5.75 Å². The lowest BCUT2D eigenvalue weighted by Gasteiger charge is -2.58. The van der Waals surface area contributed by atoms with Crippen molar-refractivity contribution < 1.29 is 21.8 Å². The Kier molecular flexibility index (Phi) is 6.84. The van der Waals surface area contributed by atoms with Crippen molar-refractivity contribution in [3.05, 3.63) is 22.7 Å². The van der Waals surface area contributed by atoms with Crippen molar-refractivity contribution in [3.63, 3.8) is 0 Å². The molecule has 1 aromatic heterocycles. The van der Waals surface area contributed by atoms with Crippen LogP contribution in [-0.4, -0.2) is 44.8 Å². The van der Waals surface area contributed by atoms with Crippen molar-refractivity contribution in [2.45, 2.75) is 94.5 Å². The van der Waals surface area contributed by atoms with E-state index in [1.807, 2.05) is 54.6 Å². The van der Waals surface area contributed by atoms with Crippen molar-refractivity contribution in [1.29, 1.82) is 0 Å². The highest BCUT2D eigenvalue weighted by Crippen LogP contribution is 2.61. The fraction of sp³-hybridized carbons (Fsp3) is 0.800. The second-order valence-corrected chi connectivity index (χ2v) is 18.7. The molecule has 0 radical (unpaired) electrons. The van der Waals surface area contributed by atoms with Gasteiger partial charge in [-0.25, -0.2) is 9.97 Å². The van der Waals surface area contributed by atoms with E-state index in [2.05, 4.69) is 25.9 Å². The Balaban J connectivity index is 2.49. The van der Waals surface area contributed by atoms with Gasteiger partial charge in [0.05, 0.1) is 4.47 Å². The van der Waals surface area contributed by atoms with Crippen LogP contribution in [0.25, 0.3) is 0 Å². The van der Waals surface area contributed by atoms with Gasteiger partial charge in [0, 0.05) is 39.1 Å². The molecule has 0 saturated heterocycles. The van der Waals surface area contributed by atoms with Gasteiger partial charge in [-0.3, -0.25) is 4.21 Å². The Morgan fingerprint density at radius 2 is 1.57 bits per heavy atom. The summed E-state index contributed by atoms with van der Waals surface area (Å²) in [5, 5.41) is -0.369. The maximum absolute atomic E-state index is 14.3. The summed E-state index contributed by atoms with van der Waals surface area (Å²) >= 11 is 3.27. The first-order valence-electron chi connectivity index (χ1n) is 9.88. The zero-order valence-electron chi connectivity index (χ0n) is 18.9. The van der Waals surface area contributed by atoms with Crippen molar-refractivity contribution in [1.82, 2.24) is 9.97 Å². The maximum Gasteiger partial charge on any atom is 0.416 e. The molecule has 1 atom stereocenters. The van der Waals surface area contributed by atoms with E-state index in [9.17, 15) is 17.4 Å². The van der Waals surface area contributed by atoms with Gasteiger partial charge >= 0.3 is 6.18 Å². The molecule has 0 N–H and O–H groups in total. The molecule has 2 rings (SSSR count). The highest BCUT2D eigenvalue weighted by atomic mass is 79.9. The van der Waals surface area contributed by atoms with E-state index in [1.165, 1.54) is 12.4 Å². The Morgan fingerprint density at radius 3 is 1.93 bits per heavy atom. The van der Waals surface area contributed by atoms with E-state index in [0.29, 0.717) is 10.3 Å². The molecule has 0 bridgehead atoms. The lowest BCUT2D eigenvalue weighted by atomic mass is 9.59. The zero-order chi connectivity index (χ0) is 23.4. The van der Waals surface area contributed by atoms with Crippen LogP contribution in [-0.2, 0) is 20.6 Å². The minimum absolute atomic E-state index is 0.0663. The van der Waals surface area contributed by atoms with Crippen LogP contribution in [0.5, 0.6) is 0 Å². The van der Waals surface area contributed by atoms with E-state index in [0.717, 1.165) is 0 Å². The van der Waals surface area contributed by atoms with Crippen LogP contribution in [0.3, 0.4) is 0 Å². The third kappa shape index (κ3) is 5.01. The summed E-state index contributed by atoms with van der Waals surface area (Å²) in [7, 11) is -4.08. The maximum atomic E-state index is 14.3. The van der Waals surface area contributed by atoms with Crippen LogP contribution in [0.2, 0.25) is 18.1 Å². The summed E-state index contributed by atoms with van der Waals surface area (Å²) in [6, 6.07) is 0. The number of alkyl halides is 3. The quantitative estimate of drug-likeness (QED) is 0.430. The number of hydrogen-bond acceptors (Lipinski definition) is 4. The molecule has 4 nitrogen and oxygen atoms in total. The van der Waals surface area contributed by atoms with Gasteiger partial charge in [0.1, 0.15) is 5.82 Å². The van der Waals surface area contributed by atoms with Crippen molar-refractivity contribution in [3.8, 4) is 0 Å². The fourth-order valence-electron chi connectivity index (χ4n) is 3.39. The average Bonchev–Trinajstić information content (AvgIpc) is 2.49. The predicted molar refractivity (Wildman–Crippen MR) is 120 cm³/mol. The molecule has 1 heterocycles. The number of nitrogens with zero attached hydrogens (tertiary/aromatic N) is 2. The summed E-state index contributed by atoms with van der Waals surface area (Å²) < 4.78 is 62.1. The van der Waals surface area contributed by atoms with E-state index in [4.69, 9.17) is 4.43 Å². The molecule has 0 aliphatic heterocycles. The molecule has 172 valence electrons. The Bertz CT molecular complexity index is 796. The van der Waals surface area contributed by atoms with Gasteiger partial charge in [0.25, 0.3) is 0 Å². The normalized spacial score (nSPS) is 26.9. The number of hydrogen-bond donors (Lipinski definition) is 0. The molecule has 1 aromatic rings. The molecule has 10 heteroatoms. The smallest absolute Gasteiger partial charge is 0.403 e. The molecule has 0 spiro atoms. The van der Waals surface area contributed by atoms with E-state index in [1.54, 1.807) is 0 Å². The first kappa shape index (κ1) is 25.9. The molecule has 1 fully saturated rings. The highest BCUT2D eigenvalue weighted by molar-refractivity contribution is 9.10. The fourth-order valence-corrected chi connectivity index (χ4v) is 6.41. The second-order valence-electron chi connectivity index (χ2n) is 10.8. The van der Waals surface area contributed by atoms with Crippen LogP contribution < -0.4 is 0 Å². The van der Waals surface area contributed by atoms with Crippen LogP contribution in [0.1, 0.15) is 60.2 Å². The van der Waals surface area contributed by atoms with Gasteiger partial charge < -0.3 is 4.43 Å². The topological polar surface area (TPSA) is 52.1 Å². The van der Waals surface area contributed by atoms with Gasteiger partial charge in [0.2, 0.25) is 0 Å². The summed E-state index contributed by atoms with van der Waals surface area (Å²) in [5.41, 5.74) is -3.31. The van der Waals surface area contributed by atoms with E-state index in [-0.39, 0.29) is 23.6 Å². The van der Waals surface area contributed by atoms with Gasteiger partial charge in [-0.2, -0.15) is 13.2 Å². The molecule has 1 aliphatic rings. The summed E-state index contributed by atoms with van der Waals surface area (Å²) in [6.45, 7) is 14.9. The van der Waals surface area contributed by atoms with Crippen molar-refractivity contribution in [2.24, 2.45) is 0 Å². The first-order valence-corrected chi connectivity index (χ1v) is 14.9. The van der Waals surface area contributed by atoms with Gasteiger partial charge in [-0.05, 0) is 67.7 Å². The zero-order valence-corrected chi connectivity index (χ0v) is 22.3. The minimum atomic E-state index is -4.54.